The van der Waals surface area contributed by atoms with E-state index in [9.17, 15) is 14.7 Å². The highest BCUT2D eigenvalue weighted by molar-refractivity contribution is 8.00. The van der Waals surface area contributed by atoms with Gasteiger partial charge in [-0.15, -0.1) is 10.2 Å². The Morgan fingerprint density at radius 1 is 1.04 bits per heavy atom. The Kier molecular flexibility index (Phi) is 10.2. The minimum absolute atomic E-state index is 0.0616. The number of hydrogen-bond donors (Lipinski definition) is 1. The van der Waals surface area contributed by atoms with Crippen LogP contribution >= 0.6 is 34.7 Å². The van der Waals surface area contributed by atoms with Gasteiger partial charge in [0.2, 0.25) is 10.9 Å². The number of Topliss-reactive ketones (excluding diaryl/α,β-unsaturated/α-hetero) is 1. The van der Waals surface area contributed by atoms with Gasteiger partial charge in [-0.05, 0) is 54.8 Å². The number of furan rings is 1. The van der Waals surface area contributed by atoms with Crippen LogP contribution in [0.25, 0.3) is 11.0 Å². The number of fused-ring (bicyclic) bond motifs is 1. The van der Waals surface area contributed by atoms with Crippen molar-refractivity contribution in [3.8, 4) is 17.2 Å². The first-order valence-corrected chi connectivity index (χ1v) is 17.5. The van der Waals surface area contributed by atoms with Crippen molar-refractivity contribution >= 4 is 62.5 Å². The zero-order valence-corrected chi connectivity index (χ0v) is 28.8. The van der Waals surface area contributed by atoms with Crippen LogP contribution in [0.15, 0.2) is 86.8 Å². The Morgan fingerprint density at radius 2 is 1.88 bits per heavy atom. The number of unbranched alkanes of at least 4 members (excludes halogenated alkanes) is 1. The van der Waals surface area contributed by atoms with Crippen molar-refractivity contribution in [1.82, 2.24) is 10.2 Å². The number of aromatic nitrogens is 2. The van der Waals surface area contributed by atoms with Crippen LogP contribution in [-0.2, 0) is 10.5 Å². The van der Waals surface area contributed by atoms with Crippen molar-refractivity contribution in [1.29, 1.82) is 0 Å². The molecule has 0 bridgehead atoms. The number of methoxy groups -OCH3 is 1. The molecular formula is C35H32ClN3O7S2. The second-order valence-electron chi connectivity index (χ2n) is 10.7. The molecule has 1 amide bonds. The molecule has 248 valence electrons. The molecule has 1 aliphatic heterocycles. The van der Waals surface area contributed by atoms with Gasteiger partial charge in [-0.2, -0.15) is 0 Å². The molecule has 1 unspecified atom stereocenters. The number of rotatable bonds is 14. The number of para-hydroxylation sites is 1. The minimum Gasteiger partial charge on any atom is -0.503 e. The number of thioether (sulfide) groups is 1. The Morgan fingerprint density at radius 3 is 2.65 bits per heavy atom. The summed E-state index contributed by atoms with van der Waals surface area (Å²) in [6, 6.07) is 18.5. The van der Waals surface area contributed by atoms with Crippen molar-refractivity contribution in [3.05, 3.63) is 100.0 Å². The van der Waals surface area contributed by atoms with E-state index in [2.05, 4.69) is 17.1 Å². The normalized spacial score (nSPS) is 14.6. The molecule has 13 heteroatoms. The monoisotopic (exact) mass is 705 g/mol. The highest BCUT2D eigenvalue weighted by Gasteiger charge is 2.47. The SMILES string of the molecule is CCCCOc1ccc(C2C(C(=O)c3cc4cccc(OC)c4o3)=C(O)C(=O)N2c2nnc(SCc3ccccc3Cl)s2)cc1OCC. The van der Waals surface area contributed by atoms with Crippen LogP contribution in [0.1, 0.15) is 54.4 Å². The van der Waals surface area contributed by atoms with Gasteiger partial charge < -0.3 is 23.7 Å². The maximum Gasteiger partial charge on any atom is 0.296 e. The highest BCUT2D eigenvalue weighted by Crippen LogP contribution is 2.46. The van der Waals surface area contributed by atoms with Gasteiger partial charge in [-0.1, -0.05) is 84.4 Å². The van der Waals surface area contributed by atoms with Crippen molar-refractivity contribution in [2.24, 2.45) is 0 Å². The Labute approximate surface area is 290 Å². The number of carbonyl (C=O) groups excluding carboxylic acids is 2. The van der Waals surface area contributed by atoms with E-state index in [1.807, 2.05) is 31.2 Å². The Balaban J connectivity index is 1.41. The molecule has 0 spiro atoms. The number of aliphatic hydroxyl groups is 1. The quantitative estimate of drug-likeness (QED) is 0.0520. The van der Waals surface area contributed by atoms with Gasteiger partial charge in [0.15, 0.2) is 38.7 Å². The molecular weight excluding hydrogens is 674 g/mol. The fourth-order valence-electron chi connectivity index (χ4n) is 5.31. The average molecular weight is 706 g/mol. The van der Waals surface area contributed by atoms with Crippen molar-refractivity contribution in [2.45, 2.75) is 42.8 Å². The predicted molar refractivity (Wildman–Crippen MR) is 186 cm³/mol. The highest BCUT2D eigenvalue weighted by atomic mass is 35.5. The molecule has 0 fully saturated rings. The molecule has 0 radical (unpaired) electrons. The molecule has 3 heterocycles. The van der Waals surface area contributed by atoms with E-state index in [1.165, 1.54) is 35.1 Å². The van der Waals surface area contributed by atoms with Gasteiger partial charge in [0, 0.05) is 16.2 Å². The average Bonchev–Trinajstić information content (AvgIpc) is 3.81. The van der Waals surface area contributed by atoms with Gasteiger partial charge in [0.1, 0.15) is 0 Å². The van der Waals surface area contributed by atoms with Gasteiger partial charge in [0.05, 0.1) is 31.9 Å². The number of amides is 1. The third-order valence-corrected chi connectivity index (χ3v) is 10.1. The number of carbonyl (C=O) groups is 2. The summed E-state index contributed by atoms with van der Waals surface area (Å²) >= 11 is 8.92. The third kappa shape index (κ3) is 6.60. The first kappa shape index (κ1) is 33.4. The fourth-order valence-corrected chi connectivity index (χ4v) is 7.47. The van der Waals surface area contributed by atoms with E-state index in [1.54, 1.807) is 42.5 Å². The van der Waals surface area contributed by atoms with Gasteiger partial charge in [-0.3, -0.25) is 14.5 Å². The zero-order valence-electron chi connectivity index (χ0n) is 26.4. The molecule has 1 aliphatic rings. The molecule has 3 aromatic carbocycles. The van der Waals surface area contributed by atoms with E-state index in [4.69, 9.17) is 30.2 Å². The fraction of sp³-hybridized carbons (Fsp3) is 0.257. The standard InChI is InChI=1S/C35H32ClN3O7S2/c1-4-6-16-45-24-15-14-20(17-26(24)44-5-2)29-28(30(40)27-18-21-11-9-13-25(43-3)32(21)46-27)31(41)33(42)39(29)34-37-38-35(48-34)47-19-22-10-7-8-12-23(22)36/h7-15,17-18,29,41H,4-6,16,19H2,1-3H3. The number of nitrogens with zero attached hydrogens (tertiary/aromatic N) is 3. The van der Waals surface area contributed by atoms with Crippen molar-refractivity contribution in [2.75, 3.05) is 25.2 Å². The lowest BCUT2D eigenvalue weighted by molar-refractivity contribution is -0.117. The molecule has 1 N–H and O–H groups in total. The molecule has 6 rings (SSSR count). The molecule has 1 atom stereocenters. The molecule has 5 aromatic rings. The summed E-state index contributed by atoms with van der Waals surface area (Å²) in [5.74, 6) is -0.273. The van der Waals surface area contributed by atoms with Crippen LogP contribution in [0.3, 0.4) is 0 Å². The topological polar surface area (TPSA) is 124 Å². The summed E-state index contributed by atoms with van der Waals surface area (Å²) < 4.78 is 23.9. The van der Waals surface area contributed by atoms with Crippen LogP contribution in [0, 0.1) is 0 Å². The van der Waals surface area contributed by atoms with Gasteiger partial charge in [0.25, 0.3) is 5.91 Å². The maximum atomic E-state index is 14.2. The van der Waals surface area contributed by atoms with E-state index in [-0.39, 0.29) is 16.5 Å². The molecule has 10 nitrogen and oxygen atoms in total. The zero-order chi connectivity index (χ0) is 33.8. The second kappa shape index (κ2) is 14.7. The molecule has 2 aromatic heterocycles. The Hall–Kier alpha value is -4.52. The summed E-state index contributed by atoms with van der Waals surface area (Å²) in [4.78, 5) is 29.4. The van der Waals surface area contributed by atoms with E-state index < -0.39 is 23.5 Å². The number of halogens is 1. The summed E-state index contributed by atoms with van der Waals surface area (Å²) in [6.45, 7) is 4.79. The largest absolute Gasteiger partial charge is 0.503 e. The smallest absolute Gasteiger partial charge is 0.296 e. The summed E-state index contributed by atoms with van der Waals surface area (Å²) in [6.07, 6.45) is 1.83. The van der Waals surface area contributed by atoms with E-state index in [0.29, 0.717) is 62.1 Å². The Bertz CT molecular complexity index is 2010. The summed E-state index contributed by atoms with van der Waals surface area (Å²) in [5.41, 5.74) is 1.63. The van der Waals surface area contributed by atoms with Crippen LogP contribution in [-0.4, -0.2) is 47.3 Å². The first-order valence-electron chi connectivity index (χ1n) is 15.3. The van der Waals surface area contributed by atoms with Crippen LogP contribution in [0.4, 0.5) is 5.13 Å². The summed E-state index contributed by atoms with van der Waals surface area (Å²) in [5, 5.41) is 21.5. The van der Waals surface area contributed by atoms with Crippen molar-refractivity contribution < 1.29 is 33.3 Å². The van der Waals surface area contributed by atoms with E-state index >= 15 is 0 Å². The van der Waals surface area contributed by atoms with Crippen LogP contribution in [0.2, 0.25) is 5.02 Å². The van der Waals surface area contributed by atoms with E-state index in [0.717, 1.165) is 18.4 Å². The number of anilines is 1. The second-order valence-corrected chi connectivity index (χ2v) is 13.3. The van der Waals surface area contributed by atoms with Crippen LogP contribution in [0.5, 0.6) is 17.2 Å². The minimum atomic E-state index is -1.08. The number of ketones is 1. The number of aliphatic hydroxyl groups excluding tert-OH is 1. The molecule has 0 saturated heterocycles. The number of ether oxygens (including phenoxy) is 3. The number of benzene rings is 3. The maximum absolute atomic E-state index is 14.2. The summed E-state index contributed by atoms with van der Waals surface area (Å²) in [7, 11) is 1.51. The van der Waals surface area contributed by atoms with Gasteiger partial charge >= 0.3 is 0 Å². The lowest BCUT2D eigenvalue weighted by Gasteiger charge is -2.24. The van der Waals surface area contributed by atoms with Crippen molar-refractivity contribution in [3.63, 3.8) is 0 Å². The third-order valence-electron chi connectivity index (χ3n) is 7.65. The van der Waals surface area contributed by atoms with Crippen LogP contribution < -0.4 is 19.1 Å². The molecule has 48 heavy (non-hydrogen) atoms. The lowest BCUT2D eigenvalue weighted by atomic mass is 9.95. The molecule has 0 aliphatic carbocycles. The first-order chi connectivity index (χ1) is 23.3. The van der Waals surface area contributed by atoms with Gasteiger partial charge in [-0.25, -0.2) is 0 Å². The predicted octanol–water partition coefficient (Wildman–Crippen LogP) is 8.60. The lowest BCUT2D eigenvalue weighted by Crippen LogP contribution is -2.31. The molecule has 0 saturated carbocycles. The number of hydrogen-bond acceptors (Lipinski definition) is 11.